The molecule has 4 aromatic heterocycles. The number of benzene rings is 3. The van der Waals surface area contributed by atoms with Crippen LogP contribution in [0, 0.1) is 17.7 Å². The molecule has 574 valence electrons. The lowest BCUT2D eigenvalue weighted by Crippen LogP contribution is -2.41. The minimum Gasteiger partial charge on any atom is -0.476 e. The van der Waals surface area contributed by atoms with Crippen LogP contribution in [0.3, 0.4) is 0 Å². The normalized spacial score (nSPS) is 17.1. The summed E-state index contributed by atoms with van der Waals surface area (Å²) in [6, 6.07) is 22.7. The van der Waals surface area contributed by atoms with Crippen LogP contribution in [0.1, 0.15) is 175 Å². The number of rotatable bonds is 24. The number of fused-ring (bicyclic) bond motifs is 2. The number of hydrogen-bond donors (Lipinski definition) is 0. The zero-order valence-electron chi connectivity index (χ0n) is 64.4. The molecular formula is C80H101BClF3N10O12. The predicted molar refractivity (Wildman–Crippen MR) is 408 cm³/mol. The average Bonchev–Trinajstić information content (AvgIpc) is 1.12. The Hall–Kier alpha value is -9.08. The van der Waals surface area contributed by atoms with Crippen LogP contribution in [0.2, 0.25) is 5.02 Å². The summed E-state index contributed by atoms with van der Waals surface area (Å²) < 4.78 is 96.4. The number of aromatic nitrogens is 6. The first kappa shape index (κ1) is 82.0. The summed E-state index contributed by atoms with van der Waals surface area (Å²) >= 11 is 6.60. The molecule has 2 unspecified atom stereocenters. The van der Waals surface area contributed by atoms with Crippen molar-refractivity contribution in [2.45, 2.75) is 169 Å². The van der Waals surface area contributed by atoms with E-state index in [-0.39, 0.29) is 68.7 Å². The van der Waals surface area contributed by atoms with E-state index in [1.807, 2.05) is 84.0 Å². The fraction of sp³-hybridized carbons (Fsp3) is 0.475. The van der Waals surface area contributed by atoms with Crippen LogP contribution in [0.25, 0.3) is 38.5 Å². The maximum atomic E-state index is 15.6. The summed E-state index contributed by atoms with van der Waals surface area (Å²) in [5.41, 5.74) is 5.56. The maximum Gasteiger partial charge on any atom is 0.491 e. The van der Waals surface area contributed by atoms with Gasteiger partial charge in [0.05, 0.1) is 51.1 Å². The second-order valence-corrected chi connectivity index (χ2v) is 30.2. The Morgan fingerprint density at radius 2 is 1.04 bits per heavy atom. The van der Waals surface area contributed by atoms with Crippen LogP contribution in [-0.2, 0) is 37.8 Å². The molecule has 3 aliphatic heterocycles. The Bertz CT molecular complexity index is 4380. The van der Waals surface area contributed by atoms with E-state index in [4.69, 9.17) is 49.3 Å². The molecule has 0 aliphatic carbocycles. The molecule has 0 bridgehead atoms. The molecular weight excluding hydrogens is 1400 g/mol. The van der Waals surface area contributed by atoms with Gasteiger partial charge < -0.3 is 57.3 Å². The van der Waals surface area contributed by atoms with Gasteiger partial charge in [-0.25, -0.2) is 33.3 Å². The van der Waals surface area contributed by atoms with Crippen molar-refractivity contribution in [2.24, 2.45) is 0 Å². The van der Waals surface area contributed by atoms with E-state index in [9.17, 15) is 23.6 Å². The number of carbonyl (C=O) groups excluding carboxylic acids is 4. The molecule has 2 atom stereocenters. The van der Waals surface area contributed by atoms with Crippen LogP contribution >= 0.6 is 11.6 Å². The molecule has 7 heterocycles. The lowest BCUT2D eigenvalue weighted by molar-refractivity contribution is -0.124. The largest absolute Gasteiger partial charge is 0.491 e. The van der Waals surface area contributed by atoms with Crippen LogP contribution in [0.4, 0.5) is 22.8 Å². The molecule has 3 saturated heterocycles. The highest BCUT2D eigenvalue weighted by molar-refractivity contribution is 6.56. The topological polar surface area (TPSA) is 216 Å². The van der Waals surface area contributed by atoms with E-state index in [1.54, 1.807) is 128 Å². The van der Waals surface area contributed by atoms with Crippen LogP contribution in [0.5, 0.6) is 11.8 Å². The van der Waals surface area contributed by atoms with Crippen molar-refractivity contribution < 1.29 is 70.1 Å². The second-order valence-electron chi connectivity index (χ2n) is 29.8. The molecule has 7 aromatic rings. The highest BCUT2D eigenvalue weighted by atomic mass is 35.5. The van der Waals surface area contributed by atoms with E-state index in [2.05, 4.69) is 20.2 Å². The predicted octanol–water partition coefficient (Wildman–Crippen LogP) is 16.1. The number of amides is 4. The lowest BCUT2D eigenvalue weighted by atomic mass is 9.71. The number of likely N-dealkylation sites (N-methyl/N-ethyl adjacent to an activating group) is 2. The van der Waals surface area contributed by atoms with Crippen molar-refractivity contribution in [1.29, 1.82) is 0 Å². The molecule has 0 N–H and O–H groups in total. The lowest BCUT2D eigenvalue weighted by Gasteiger charge is -2.32. The van der Waals surface area contributed by atoms with Gasteiger partial charge >= 0.3 is 19.3 Å². The molecule has 3 aromatic carbocycles. The van der Waals surface area contributed by atoms with Gasteiger partial charge in [0.2, 0.25) is 35.5 Å². The molecule has 4 amide bonds. The Balaban J connectivity index is 0.000000247. The summed E-state index contributed by atoms with van der Waals surface area (Å²) in [5.74, 6) is -1.35. The van der Waals surface area contributed by atoms with Crippen LogP contribution in [0.15, 0.2) is 121 Å². The second kappa shape index (κ2) is 35.8. The van der Waals surface area contributed by atoms with Gasteiger partial charge in [-0.05, 0) is 208 Å². The van der Waals surface area contributed by atoms with Crippen LogP contribution in [-0.4, -0.2) is 183 Å². The Morgan fingerprint density at radius 3 is 1.42 bits per heavy atom. The highest BCUT2D eigenvalue weighted by Crippen LogP contribution is 2.44. The van der Waals surface area contributed by atoms with Gasteiger partial charge in [0, 0.05) is 102 Å². The fourth-order valence-electron chi connectivity index (χ4n) is 12.3. The molecule has 0 spiro atoms. The summed E-state index contributed by atoms with van der Waals surface area (Å²) in [5, 5.41) is 9.45. The number of carbonyl (C=O) groups is 4. The standard InChI is InChI=1S/C40H55BFN5O7.C40H46ClF2N5O5/c1-11-30(41-53-39(5,6)40(7,8)54-41)35(27-17-19-31-29(25-27)36(42)44-47(31)34-16-12-13-23-51-34)28-18-20-32(43-26-28)50-24-22-46(37(49)52-38(2,3)4)21-14-15-33(48)45(9)10;1-7-29(30-16-15-28(42)24-32(30)41)37(26-13-17-33-31(23-26)38(43)45-48(33)36-12-8-9-21-52-36)27-14-18-34(44-25-27)51-22-20-47(39(50)53-40(2,3)4)19-10-11-35(49)46(5)6/h14-15,17-20,25-26,34H,11-13,16,21-24H2,1-10H3;10-11,13-18,23-25,36H,7-9,12,19-22H2,1-6H3/b15-14+,35-30-;11-10+,37-29-. The van der Waals surface area contributed by atoms with Gasteiger partial charge in [-0.15, -0.1) is 10.2 Å². The fourth-order valence-corrected chi connectivity index (χ4v) is 12.6. The zero-order chi connectivity index (χ0) is 77.7. The number of halogens is 4. The Kier molecular flexibility index (Phi) is 27.4. The Morgan fingerprint density at radius 1 is 0.598 bits per heavy atom. The molecule has 3 fully saturated rings. The molecule has 0 radical (unpaired) electrons. The zero-order valence-corrected chi connectivity index (χ0v) is 65.2. The van der Waals surface area contributed by atoms with Crippen molar-refractivity contribution >= 4 is 81.2 Å². The van der Waals surface area contributed by atoms with Gasteiger partial charge in [0.1, 0.15) is 30.2 Å². The smallest absolute Gasteiger partial charge is 0.476 e. The van der Waals surface area contributed by atoms with Crippen molar-refractivity contribution in [3.05, 3.63) is 172 Å². The summed E-state index contributed by atoms with van der Waals surface area (Å²) in [7, 11) is 5.96. The Labute approximate surface area is 630 Å². The number of hydrogen-bond acceptors (Lipinski definition) is 16. The van der Waals surface area contributed by atoms with Gasteiger partial charge in [0.15, 0.2) is 12.5 Å². The van der Waals surface area contributed by atoms with Gasteiger partial charge in [0.25, 0.3) is 0 Å². The first-order valence-electron chi connectivity index (χ1n) is 36.4. The minimum atomic E-state index is -0.710. The minimum absolute atomic E-state index is 0.0970. The first-order valence-corrected chi connectivity index (χ1v) is 36.8. The van der Waals surface area contributed by atoms with E-state index >= 15 is 8.78 Å². The van der Waals surface area contributed by atoms with E-state index in [0.717, 1.165) is 71.8 Å². The number of ether oxygens (including phenoxy) is 6. The summed E-state index contributed by atoms with van der Waals surface area (Å²) in [6.07, 6.45) is 14.3. The van der Waals surface area contributed by atoms with Gasteiger partial charge in [-0.3, -0.25) is 9.59 Å². The number of nitrogens with zero attached hydrogens (tertiary/aromatic N) is 10. The quantitative estimate of drug-likeness (QED) is 0.0312. The number of pyridine rings is 2. The maximum absolute atomic E-state index is 15.6. The van der Waals surface area contributed by atoms with Crippen molar-refractivity contribution in [1.82, 2.24) is 49.1 Å². The van der Waals surface area contributed by atoms with Gasteiger partial charge in [-0.2, -0.15) is 8.78 Å². The first-order chi connectivity index (χ1) is 50.7. The monoisotopic (exact) mass is 1500 g/mol. The molecule has 22 nitrogen and oxygen atoms in total. The summed E-state index contributed by atoms with van der Waals surface area (Å²) in [6.45, 7) is 24.9. The number of allylic oxidation sites excluding steroid dienone is 2. The van der Waals surface area contributed by atoms with Gasteiger partial charge in [-0.1, -0.05) is 55.8 Å². The molecule has 0 saturated carbocycles. The van der Waals surface area contributed by atoms with Crippen molar-refractivity contribution in [2.75, 3.05) is 80.8 Å². The third kappa shape index (κ3) is 21.2. The molecule has 3 aliphatic rings. The van der Waals surface area contributed by atoms with E-state index in [0.29, 0.717) is 76.3 Å². The van der Waals surface area contributed by atoms with E-state index in [1.165, 1.54) is 43.9 Å². The van der Waals surface area contributed by atoms with Crippen LogP contribution < -0.4 is 9.47 Å². The third-order valence-corrected chi connectivity index (χ3v) is 18.9. The summed E-state index contributed by atoms with van der Waals surface area (Å²) in [4.78, 5) is 65.0. The average molecular weight is 1500 g/mol. The van der Waals surface area contributed by atoms with Crippen molar-refractivity contribution in [3.63, 3.8) is 0 Å². The molecule has 27 heteroatoms. The molecule has 107 heavy (non-hydrogen) atoms. The van der Waals surface area contributed by atoms with Crippen molar-refractivity contribution in [3.8, 4) is 11.8 Å². The molecule has 10 rings (SSSR count). The van der Waals surface area contributed by atoms with E-state index < -0.39 is 59.4 Å². The SMILES string of the molecule is CC/C(=C(/c1ccc(OCCN(C/C=C/C(=O)N(C)C)C(=O)OC(C)(C)C)nc1)c1ccc2c(c1)c(F)nn2C1CCCCO1)c1ccc(F)cc1Cl.CC/C(B1OC(C)(C)C(C)(C)O1)=C(/c1ccc(OCCN(C/C=C/C(=O)N(C)C)C(=O)OC(C)(C)C)nc1)c1ccc2c(c1)c(F)nn2C1CCCCO1. The highest BCUT2D eigenvalue weighted by Gasteiger charge is 2.53. The third-order valence-electron chi connectivity index (χ3n) is 18.5.